The second-order valence-corrected chi connectivity index (χ2v) is 4.92. The van der Waals surface area contributed by atoms with Gasteiger partial charge in [-0.15, -0.1) is 0 Å². The number of hydrogen-bond donors (Lipinski definition) is 1. The normalized spacial score (nSPS) is 10.9. The van der Waals surface area contributed by atoms with Crippen molar-refractivity contribution in [2.75, 3.05) is 12.3 Å². The third kappa shape index (κ3) is 4.07. The van der Waals surface area contributed by atoms with Gasteiger partial charge in [-0.25, -0.2) is 0 Å². The van der Waals surface area contributed by atoms with Crippen LogP contribution >= 0.6 is 0 Å². The lowest BCUT2D eigenvalue weighted by atomic mass is 10.1. The number of pyridine rings is 1. The van der Waals surface area contributed by atoms with Gasteiger partial charge in [0.25, 0.3) is 0 Å². The molecule has 2 N–H and O–H groups in total. The summed E-state index contributed by atoms with van der Waals surface area (Å²) in [5, 5.41) is 0. The molecule has 3 nitrogen and oxygen atoms in total. The molecule has 0 saturated heterocycles. The van der Waals surface area contributed by atoms with Gasteiger partial charge in [-0.05, 0) is 42.3 Å². The predicted molar refractivity (Wildman–Crippen MR) is 79.6 cm³/mol. The molecule has 0 amide bonds. The minimum absolute atomic E-state index is 0.815. The first-order valence-electron chi connectivity index (χ1n) is 6.64. The van der Waals surface area contributed by atoms with Crippen molar-refractivity contribution in [3.05, 3.63) is 59.4 Å². The fraction of sp³-hybridized carbons (Fsp3) is 0.312. The molecule has 0 aliphatic carbocycles. The molecule has 0 unspecified atom stereocenters. The fourth-order valence-electron chi connectivity index (χ4n) is 2.12. The van der Waals surface area contributed by atoms with Crippen molar-refractivity contribution in [2.45, 2.75) is 26.9 Å². The van der Waals surface area contributed by atoms with Crippen molar-refractivity contribution in [3.63, 3.8) is 0 Å². The Morgan fingerprint density at radius 1 is 1.05 bits per heavy atom. The quantitative estimate of drug-likeness (QED) is 0.835. The van der Waals surface area contributed by atoms with Gasteiger partial charge in [0.15, 0.2) is 0 Å². The van der Waals surface area contributed by atoms with Crippen LogP contribution in [0.4, 0.5) is 5.69 Å². The zero-order valence-corrected chi connectivity index (χ0v) is 11.6. The number of benzene rings is 1. The average Bonchev–Trinajstić information content (AvgIpc) is 2.40. The van der Waals surface area contributed by atoms with E-state index in [0.717, 1.165) is 25.3 Å². The van der Waals surface area contributed by atoms with E-state index in [4.69, 9.17) is 5.73 Å². The summed E-state index contributed by atoms with van der Waals surface area (Å²) in [6, 6.07) is 10.3. The number of nitrogens with zero attached hydrogens (tertiary/aromatic N) is 2. The van der Waals surface area contributed by atoms with E-state index in [9.17, 15) is 0 Å². The molecule has 19 heavy (non-hydrogen) atoms. The number of aryl methyl sites for hydroxylation is 1. The van der Waals surface area contributed by atoms with Crippen LogP contribution in [-0.2, 0) is 13.1 Å². The van der Waals surface area contributed by atoms with Crippen LogP contribution in [0.3, 0.4) is 0 Å². The molecule has 0 spiro atoms. The van der Waals surface area contributed by atoms with E-state index in [1.165, 1.54) is 16.7 Å². The third-order valence-electron chi connectivity index (χ3n) is 3.17. The Kier molecular flexibility index (Phi) is 4.53. The summed E-state index contributed by atoms with van der Waals surface area (Å²) in [7, 11) is 0. The topological polar surface area (TPSA) is 42.1 Å². The lowest BCUT2D eigenvalue weighted by molar-refractivity contribution is 0.271. The highest BCUT2D eigenvalue weighted by molar-refractivity contribution is 5.39. The third-order valence-corrected chi connectivity index (χ3v) is 3.17. The summed E-state index contributed by atoms with van der Waals surface area (Å²) in [5.41, 5.74) is 10.3. The van der Waals surface area contributed by atoms with Gasteiger partial charge in [0.1, 0.15) is 0 Å². The molecule has 0 radical (unpaired) electrons. The molecule has 3 heteroatoms. The molecule has 1 aromatic carbocycles. The molecule has 0 atom stereocenters. The zero-order valence-electron chi connectivity index (χ0n) is 11.6. The van der Waals surface area contributed by atoms with Gasteiger partial charge in [0.2, 0.25) is 0 Å². The molecule has 2 aromatic rings. The van der Waals surface area contributed by atoms with Crippen LogP contribution in [0.5, 0.6) is 0 Å². The monoisotopic (exact) mass is 255 g/mol. The van der Waals surface area contributed by atoms with Crippen molar-refractivity contribution >= 4 is 5.69 Å². The van der Waals surface area contributed by atoms with Crippen molar-refractivity contribution < 1.29 is 0 Å². The highest BCUT2D eigenvalue weighted by Gasteiger charge is 2.05. The predicted octanol–water partition coefficient (Wildman–Crippen LogP) is 2.99. The first kappa shape index (κ1) is 13.6. The number of nitrogens with two attached hydrogens (primary N) is 1. The maximum absolute atomic E-state index is 5.71. The van der Waals surface area contributed by atoms with E-state index in [2.05, 4.69) is 41.9 Å². The fourth-order valence-corrected chi connectivity index (χ4v) is 2.12. The molecular weight excluding hydrogens is 234 g/mol. The molecule has 0 fully saturated rings. The maximum Gasteiger partial charge on any atom is 0.0314 e. The second kappa shape index (κ2) is 6.34. The van der Waals surface area contributed by atoms with Crippen LogP contribution in [0.25, 0.3) is 0 Å². The highest BCUT2D eigenvalue weighted by atomic mass is 15.1. The summed E-state index contributed by atoms with van der Waals surface area (Å²) in [6.07, 6.45) is 3.83. The van der Waals surface area contributed by atoms with Crippen LogP contribution in [0.15, 0.2) is 42.7 Å². The molecule has 0 aliphatic rings. The summed E-state index contributed by atoms with van der Waals surface area (Å²) in [5.74, 6) is 0. The number of hydrogen-bond acceptors (Lipinski definition) is 3. The first-order chi connectivity index (χ1) is 9.17. The van der Waals surface area contributed by atoms with Crippen molar-refractivity contribution in [2.24, 2.45) is 0 Å². The van der Waals surface area contributed by atoms with E-state index in [-0.39, 0.29) is 0 Å². The Morgan fingerprint density at radius 3 is 2.37 bits per heavy atom. The van der Waals surface area contributed by atoms with Crippen LogP contribution in [0.2, 0.25) is 0 Å². The SMILES string of the molecule is CCN(Cc1ccc(N)cc1)Cc1cncc(C)c1. The van der Waals surface area contributed by atoms with Crippen molar-refractivity contribution in [3.8, 4) is 0 Å². The average molecular weight is 255 g/mol. The van der Waals surface area contributed by atoms with Gasteiger partial charge < -0.3 is 5.73 Å². The Balaban J connectivity index is 2.02. The van der Waals surface area contributed by atoms with Gasteiger partial charge in [-0.2, -0.15) is 0 Å². The largest absolute Gasteiger partial charge is 0.399 e. The van der Waals surface area contributed by atoms with Gasteiger partial charge in [-0.3, -0.25) is 9.88 Å². The Morgan fingerprint density at radius 2 is 1.74 bits per heavy atom. The standard InChI is InChI=1S/C16H21N3/c1-3-19(11-14-4-6-16(17)7-5-14)12-15-8-13(2)9-18-10-15/h4-10H,3,11-12,17H2,1-2H3. The molecular formula is C16H21N3. The Labute approximate surface area is 115 Å². The van der Waals surface area contributed by atoms with E-state index in [0.29, 0.717) is 0 Å². The lowest BCUT2D eigenvalue weighted by Gasteiger charge is -2.20. The molecule has 2 rings (SSSR count). The van der Waals surface area contributed by atoms with Gasteiger partial charge >= 0.3 is 0 Å². The Bertz CT molecular complexity index is 520. The molecule has 1 aromatic heterocycles. The molecule has 0 aliphatic heterocycles. The zero-order chi connectivity index (χ0) is 13.7. The van der Waals surface area contributed by atoms with Gasteiger partial charge in [0, 0.05) is 31.2 Å². The van der Waals surface area contributed by atoms with E-state index in [1.807, 2.05) is 24.5 Å². The summed E-state index contributed by atoms with van der Waals surface area (Å²) in [4.78, 5) is 6.64. The van der Waals surface area contributed by atoms with Crippen LogP contribution in [0.1, 0.15) is 23.6 Å². The summed E-state index contributed by atoms with van der Waals surface area (Å²) in [6.45, 7) is 7.13. The number of anilines is 1. The smallest absolute Gasteiger partial charge is 0.0314 e. The molecule has 100 valence electrons. The van der Waals surface area contributed by atoms with Crippen molar-refractivity contribution in [1.82, 2.24) is 9.88 Å². The number of nitrogen functional groups attached to an aromatic ring is 1. The van der Waals surface area contributed by atoms with Gasteiger partial charge in [-0.1, -0.05) is 25.1 Å². The molecule has 0 bridgehead atoms. The summed E-state index contributed by atoms with van der Waals surface area (Å²) >= 11 is 0. The first-order valence-corrected chi connectivity index (χ1v) is 6.64. The van der Waals surface area contributed by atoms with Crippen LogP contribution in [0, 0.1) is 6.92 Å². The van der Waals surface area contributed by atoms with Crippen LogP contribution < -0.4 is 5.73 Å². The highest BCUT2D eigenvalue weighted by Crippen LogP contribution is 2.12. The molecule has 0 saturated carbocycles. The van der Waals surface area contributed by atoms with Crippen molar-refractivity contribution in [1.29, 1.82) is 0 Å². The lowest BCUT2D eigenvalue weighted by Crippen LogP contribution is -2.22. The number of rotatable bonds is 5. The Hall–Kier alpha value is -1.87. The van der Waals surface area contributed by atoms with E-state index < -0.39 is 0 Å². The molecule has 1 heterocycles. The minimum Gasteiger partial charge on any atom is -0.399 e. The summed E-state index contributed by atoms with van der Waals surface area (Å²) < 4.78 is 0. The van der Waals surface area contributed by atoms with Gasteiger partial charge in [0.05, 0.1) is 0 Å². The second-order valence-electron chi connectivity index (χ2n) is 4.92. The number of aromatic nitrogens is 1. The maximum atomic E-state index is 5.71. The van der Waals surface area contributed by atoms with E-state index >= 15 is 0 Å². The van der Waals surface area contributed by atoms with Crippen LogP contribution in [-0.4, -0.2) is 16.4 Å². The minimum atomic E-state index is 0.815. The van der Waals surface area contributed by atoms with E-state index in [1.54, 1.807) is 0 Å².